The predicted molar refractivity (Wildman–Crippen MR) is 46.3 cm³/mol. The SMILES string of the molecule is O=C(O)CCNC(=O)[C@H]1CCCN1. The fraction of sp³-hybridized carbons (Fsp3) is 0.750. The topological polar surface area (TPSA) is 78.4 Å². The molecule has 0 aromatic carbocycles. The average molecular weight is 186 g/mol. The number of carboxylic acids is 1. The van der Waals surface area contributed by atoms with Crippen molar-refractivity contribution < 1.29 is 14.7 Å². The van der Waals surface area contributed by atoms with Gasteiger partial charge in [-0.3, -0.25) is 9.59 Å². The Kier molecular flexibility index (Phi) is 3.70. The molecule has 1 fully saturated rings. The van der Waals surface area contributed by atoms with Crippen LogP contribution in [0.25, 0.3) is 0 Å². The summed E-state index contributed by atoms with van der Waals surface area (Å²) >= 11 is 0. The van der Waals surface area contributed by atoms with E-state index in [9.17, 15) is 9.59 Å². The molecule has 0 spiro atoms. The van der Waals surface area contributed by atoms with Gasteiger partial charge in [-0.1, -0.05) is 0 Å². The molecular weight excluding hydrogens is 172 g/mol. The van der Waals surface area contributed by atoms with Crippen molar-refractivity contribution in [3.63, 3.8) is 0 Å². The molecule has 0 bridgehead atoms. The number of hydrogen-bond donors (Lipinski definition) is 3. The largest absolute Gasteiger partial charge is 0.481 e. The maximum atomic E-state index is 11.3. The maximum absolute atomic E-state index is 11.3. The summed E-state index contributed by atoms with van der Waals surface area (Å²) in [6.45, 7) is 1.09. The average Bonchev–Trinajstić information content (AvgIpc) is 2.55. The molecule has 3 N–H and O–H groups in total. The summed E-state index contributed by atoms with van der Waals surface area (Å²) in [5.41, 5.74) is 0. The van der Waals surface area contributed by atoms with Crippen LogP contribution >= 0.6 is 0 Å². The van der Waals surface area contributed by atoms with Crippen LogP contribution in [0.3, 0.4) is 0 Å². The van der Waals surface area contributed by atoms with Crippen LogP contribution in [-0.4, -0.2) is 36.1 Å². The van der Waals surface area contributed by atoms with Crippen molar-refractivity contribution in [2.75, 3.05) is 13.1 Å². The number of carbonyl (C=O) groups excluding carboxylic acids is 1. The Morgan fingerprint density at radius 3 is 2.85 bits per heavy atom. The molecule has 0 saturated carbocycles. The van der Waals surface area contributed by atoms with Crippen LogP contribution in [0.2, 0.25) is 0 Å². The smallest absolute Gasteiger partial charge is 0.305 e. The van der Waals surface area contributed by atoms with Gasteiger partial charge < -0.3 is 15.7 Å². The van der Waals surface area contributed by atoms with Gasteiger partial charge in [-0.15, -0.1) is 0 Å². The Bertz CT molecular complexity index is 200. The molecule has 1 saturated heterocycles. The number of nitrogens with one attached hydrogen (secondary N) is 2. The maximum Gasteiger partial charge on any atom is 0.305 e. The number of carbonyl (C=O) groups is 2. The Labute approximate surface area is 76.5 Å². The Balaban J connectivity index is 2.13. The predicted octanol–water partition coefficient (Wildman–Crippen LogP) is -0.671. The first-order valence-corrected chi connectivity index (χ1v) is 4.43. The van der Waals surface area contributed by atoms with E-state index in [1.54, 1.807) is 0 Å². The van der Waals surface area contributed by atoms with Crippen LogP contribution < -0.4 is 10.6 Å². The normalized spacial score (nSPS) is 21.4. The second-order valence-electron chi connectivity index (χ2n) is 3.08. The molecule has 5 nitrogen and oxygen atoms in total. The van der Waals surface area contributed by atoms with Crippen molar-refractivity contribution in [3.05, 3.63) is 0 Å². The van der Waals surface area contributed by atoms with E-state index < -0.39 is 5.97 Å². The summed E-state index contributed by atoms with van der Waals surface area (Å²) in [7, 11) is 0. The van der Waals surface area contributed by atoms with Gasteiger partial charge in [0, 0.05) is 6.54 Å². The van der Waals surface area contributed by atoms with Crippen molar-refractivity contribution in [3.8, 4) is 0 Å². The van der Waals surface area contributed by atoms with Crippen molar-refractivity contribution in [1.29, 1.82) is 0 Å². The molecule has 0 aromatic rings. The molecule has 74 valence electrons. The minimum Gasteiger partial charge on any atom is -0.481 e. The number of carboxylic acid groups (broad SMARTS) is 1. The third kappa shape index (κ3) is 3.42. The van der Waals surface area contributed by atoms with Gasteiger partial charge in [0.15, 0.2) is 0 Å². The molecule has 0 unspecified atom stereocenters. The molecule has 1 rings (SSSR count). The summed E-state index contributed by atoms with van der Waals surface area (Å²) in [5, 5.41) is 13.9. The number of amides is 1. The molecule has 0 aliphatic carbocycles. The van der Waals surface area contributed by atoms with E-state index in [0.717, 1.165) is 19.4 Å². The molecule has 0 aromatic heterocycles. The van der Waals surface area contributed by atoms with Gasteiger partial charge in [-0.25, -0.2) is 0 Å². The molecule has 1 atom stereocenters. The second-order valence-corrected chi connectivity index (χ2v) is 3.08. The fourth-order valence-corrected chi connectivity index (χ4v) is 1.32. The van der Waals surface area contributed by atoms with Gasteiger partial charge in [0.05, 0.1) is 12.5 Å². The van der Waals surface area contributed by atoms with Crippen LogP contribution in [0.5, 0.6) is 0 Å². The molecule has 13 heavy (non-hydrogen) atoms. The van der Waals surface area contributed by atoms with Crippen LogP contribution in [0.1, 0.15) is 19.3 Å². The van der Waals surface area contributed by atoms with Crippen molar-refractivity contribution >= 4 is 11.9 Å². The molecule has 1 amide bonds. The summed E-state index contributed by atoms with van der Waals surface area (Å²) in [5.74, 6) is -0.974. The number of aliphatic carboxylic acids is 1. The summed E-state index contributed by atoms with van der Waals surface area (Å²) in [4.78, 5) is 21.4. The lowest BCUT2D eigenvalue weighted by Gasteiger charge is -2.09. The van der Waals surface area contributed by atoms with E-state index in [1.807, 2.05) is 0 Å². The van der Waals surface area contributed by atoms with E-state index in [4.69, 9.17) is 5.11 Å². The summed E-state index contributed by atoms with van der Waals surface area (Å²) in [6, 6.07) is -0.117. The monoisotopic (exact) mass is 186 g/mol. The third-order valence-corrected chi connectivity index (χ3v) is 2.01. The minimum atomic E-state index is -0.889. The van der Waals surface area contributed by atoms with Gasteiger partial charge in [0.2, 0.25) is 5.91 Å². The zero-order chi connectivity index (χ0) is 9.68. The molecule has 5 heteroatoms. The van der Waals surface area contributed by atoms with Crippen molar-refractivity contribution in [2.45, 2.75) is 25.3 Å². The van der Waals surface area contributed by atoms with Crippen molar-refractivity contribution in [1.82, 2.24) is 10.6 Å². The second kappa shape index (κ2) is 4.81. The van der Waals surface area contributed by atoms with E-state index in [1.165, 1.54) is 0 Å². The van der Waals surface area contributed by atoms with Crippen LogP contribution in [0, 0.1) is 0 Å². The number of hydrogen-bond acceptors (Lipinski definition) is 3. The molecule has 1 heterocycles. The van der Waals surface area contributed by atoms with Gasteiger partial charge in [-0.05, 0) is 19.4 Å². The van der Waals surface area contributed by atoms with Crippen molar-refractivity contribution in [2.24, 2.45) is 0 Å². The molecule has 1 aliphatic heterocycles. The first kappa shape index (κ1) is 9.98. The van der Waals surface area contributed by atoms with Gasteiger partial charge in [0.1, 0.15) is 0 Å². The van der Waals surface area contributed by atoms with E-state index >= 15 is 0 Å². The first-order chi connectivity index (χ1) is 6.20. The quantitative estimate of drug-likeness (QED) is 0.544. The Morgan fingerprint density at radius 1 is 1.54 bits per heavy atom. The van der Waals surface area contributed by atoms with E-state index in [-0.39, 0.29) is 24.9 Å². The fourth-order valence-electron chi connectivity index (χ4n) is 1.32. The molecule has 1 aliphatic rings. The van der Waals surface area contributed by atoms with Crippen LogP contribution in [0.4, 0.5) is 0 Å². The molecule has 0 radical (unpaired) electrons. The standard InChI is InChI=1S/C8H14N2O3/c11-7(12)3-5-10-8(13)6-2-1-4-9-6/h6,9H,1-5H2,(H,10,13)(H,11,12)/t6-/m1/s1. The number of rotatable bonds is 4. The molecular formula is C8H14N2O3. The van der Waals surface area contributed by atoms with Gasteiger partial charge >= 0.3 is 5.97 Å². The summed E-state index contributed by atoms with van der Waals surface area (Å²) in [6.07, 6.45) is 1.84. The zero-order valence-corrected chi connectivity index (χ0v) is 7.38. The highest BCUT2D eigenvalue weighted by molar-refractivity contribution is 5.82. The van der Waals surface area contributed by atoms with Gasteiger partial charge in [-0.2, -0.15) is 0 Å². The Morgan fingerprint density at radius 2 is 2.31 bits per heavy atom. The third-order valence-electron chi connectivity index (χ3n) is 2.01. The van der Waals surface area contributed by atoms with E-state index in [0.29, 0.717) is 0 Å². The lowest BCUT2D eigenvalue weighted by atomic mass is 10.2. The summed E-state index contributed by atoms with van der Waals surface area (Å²) < 4.78 is 0. The lowest BCUT2D eigenvalue weighted by Crippen LogP contribution is -2.41. The van der Waals surface area contributed by atoms with Crippen LogP contribution in [0.15, 0.2) is 0 Å². The lowest BCUT2D eigenvalue weighted by molar-refractivity contribution is -0.136. The minimum absolute atomic E-state index is 0.0154. The highest BCUT2D eigenvalue weighted by Gasteiger charge is 2.21. The Hall–Kier alpha value is -1.10. The van der Waals surface area contributed by atoms with Crippen LogP contribution in [-0.2, 0) is 9.59 Å². The highest BCUT2D eigenvalue weighted by atomic mass is 16.4. The van der Waals surface area contributed by atoms with E-state index in [2.05, 4.69) is 10.6 Å². The zero-order valence-electron chi connectivity index (χ0n) is 7.38. The first-order valence-electron chi connectivity index (χ1n) is 4.43. The van der Waals surface area contributed by atoms with Gasteiger partial charge in [0.25, 0.3) is 0 Å². The highest BCUT2D eigenvalue weighted by Crippen LogP contribution is 2.04.